The number of hydrogen-bond donors (Lipinski definition) is 0. The van der Waals surface area contributed by atoms with Crippen LogP contribution in [-0.4, -0.2) is 25.2 Å². The number of carbonyl (C=O) groups excluding carboxylic acids is 2. The summed E-state index contributed by atoms with van der Waals surface area (Å²) in [6.07, 6.45) is 5.50. The first-order chi connectivity index (χ1) is 8.99. The molecule has 0 aliphatic heterocycles. The molecular formula is C15H30O4. The van der Waals surface area contributed by atoms with Gasteiger partial charge in [-0.3, -0.25) is 9.59 Å². The Hall–Kier alpha value is -1.06. The second-order valence-electron chi connectivity index (χ2n) is 4.46. The second-order valence-corrected chi connectivity index (χ2v) is 4.46. The van der Waals surface area contributed by atoms with E-state index in [1.807, 2.05) is 20.8 Å². The van der Waals surface area contributed by atoms with Crippen LogP contribution in [-0.2, 0) is 19.1 Å². The van der Waals surface area contributed by atoms with Gasteiger partial charge < -0.3 is 9.47 Å². The van der Waals surface area contributed by atoms with Gasteiger partial charge in [0, 0.05) is 6.92 Å². The largest absolute Gasteiger partial charge is 0.466 e. The minimum atomic E-state index is -0.170. The summed E-state index contributed by atoms with van der Waals surface area (Å²) in [5.41, 5.74) is 0. The molecule has 0 rings (SSSR count). The smallest absolute Gasteiger partial charge is 0.308 e. The Balaban J connectivity index is 0. The Morgan fingerprint density at radius 1 is 1.00 bits per heavy atom. The number of carbonyl (C=O) groups is 2. The fourth-order valence-corrected chi connectivity index (χ4v) is 1.20. The van der Waals surface area contributed by atoms with Crippen molar-refractivity contribution < 1.29 is 19.1 Å². The van der Waals surface area contributed by atoms with Gasteiger partial charge in [0.15, 0.2) is 0 Å². The van der Waals surface area contributed by atoms with Crippen molar-refractivity contribution in [3.8, 4) is 0 Å². The molecule has 4 heteroatoms. The van der Waals surface area contributed by atoms with E-state index in [4.69, 9.17) is 9.47 Å². The van der Waals surface area contributed by atoms with Crippen molar-refractivity contribution in [3.63, 3.8) is 0 Å². The van der Waals surface area contributed by atoms with Gasteiger partial charge in [-0.05, 0) is 19.8 Å². The van der Waals surface area contributed by atoms with Gasteiger partial charge in [-0.2, -0.15) is 0 Å². The van der Waals surface area contributed by atoms with E-state index >= 15 is 0 Å². The predicted molar refractivity (Wildman–Crippen MR) is 76.9 cm³/mol. The van der Waals surface area contributed by atoms with Crippen LogP contribution >= 0.6 is 0 Å². The normalized spacial score (nSPS) is 11.0. The summed E-state index contributed by atoms with van der Waals surface area (Å²) in [4.78, 5) is 21.0. The standard InChI is InChI=1S/C8H16O2.C7H14O2/c1-3-4-5-6-7-10-8(2)9;1-4-6(3)7(8)9-5-2/h3-7H2,1-2H3;6H,4-5H2,1-3H3. The molecule has 0 amide bonds. The third-order valence-corrected chi connectivity index (χ3v) is 2.60. The number of hydrogen-bond acceptors (Lipinski definition) is 4. The molecule has 19 heavy (non-hydrogen) atoms. The number of esters is 2. The first-order valence-electron chi connectivity index (χ1n) is 7.29. The molecular weight excluding hydrogens is 244 g/mol. The summed E-state index contributed by atoms with van der Waals surface area (Å²) in [6, 6.07) is 0. The summed E-state index contributed by atoms with van der Waals surface area (Å²) >= 11 is 0. The van der Waals surface area contributed by atoms with Gasteiger partial charge in [0.25, 0.3) is 0 Å². The Morgan fingerprint density at radius 3 is 2.05 bits per heavy atom. The average molecular weight is 274 g/mol. The van der Waals surface area contributed by atoms with Crippen LogP contribution in [0, 0.1) is 5.92 Å². The monoisotopic (exact) mass is 274 g/mol. The lowest BCUT2D eigenvalue weighted by molar-refractivity contribution is -0.147. The molecule has 0 N–H and O–H groups in total. The van der Waals surface area contributed by atoms with Crippen LogP contribution < -0.4 is 0 Å². The summed E-state index contributed by atoms with van der Waals surface area (Å²) < 4.78 is 9.51. The Morgan fingerprint density at radius 2 is 1.63 bits per heavy atom. The zero-order valence-corrected chi connectivity index (χ0v) is 13.2. The van der Waals surface area contributed by atoms with Crippen molar-refractivity contribution in [1.82, 2.24) is 0 Å². The zero-order valence-electron chi connectivity index (χ0n) is 13.2. The number of rotatable bonds is 8. The summed E-state index contributed by atoms with van der Waals surface area (Å²) in [6.45, 7) is 10.4. The Kier molecular flexibility index (Phi) is 16.0. The molecule has 4 nitrogen and oxygen atoms in total. The van der Waals surface area contributed by atoms with Crippen LogP contribution in [0.15, 0.2) is 0 Å². The van der Waals surface area contributed by atoms with Crippen molar-refractivity contribution in [2.24, 2.45) is 5.92 Å². The molecule has 0 saturated carbocycles. The van der Waals surface area contributed by atoms with Crippen LogP contribution in [0.5, 0.6) is 0 Å². The second kappa shape index (κ2) is 15.0. The molecule has 1 unspecified atom stereocenters. The molecule has 0 aromatic rings. The van der Waals surface area contributed by atoms with Crippen LogP contribution in [0.4, 0.5) is 0 Å². The van der Waals surface area contributed by atoms with E-state index in [0.29, 0.717) is 13.2 Å². The molecule has 0 fully saturated rings. The molecule has 0 heterocycles. The lowest BCUT2D eigenvalue weighted by atomic mass is 10.1. The van der Waals surface area contributed by atoms with Gasteiger partial charge in [0.1, 0.15) is 0 Å². The van der Waals surface area contributed by atoms with E-state index in [-0.39, 0.29) is 17.9 Å². The SMILES string of the molecule is CCCCCCOC(C)=O.CCOC(=O)C(C)CC. The fourth-order valence-electron chi connectivity index (χ4n) is 1.20. The molecule has 0 radical (unpaired) electrons. The van der Waals surface area contributed by atoms with Crippen LogP contribution in [0.3, 0.4) is 0 Å². The summed E-state index contributed by atoms with van der Waals surface area (Å²) in [7, 11) is 0. The maximum Gasteiger partial charge on any atom is 0.308 e. The van der Waals surface area contributed by atoms with E-state index < -0.39 is 0 Å². The highest BCUT2D eigenvalue weighted by Gasteiger charge is 2.09. The van der Waals surface area contributed by atoms with Gasteiger partial charge in [0.2, 0.25) is 0 Å². The van der Waals surface area contributed by atoms with Gasteiger partial charge in [-0.15, -0.1) is 0 Å². The topological polar surface area (TPSA) is 52.6 Å². The van der Waals surface area contributed by atoms with Crippen molar-refractivity contribution in [1.29, 1.82) is 0 Å². The third-order valence-electron chi connectivity index (χ3n) is 2.60. The maximum absolute atomic E-state index is 10.8. The van der Waals surface area contributed by atoms with Crippen LogP contribution in [0.25, 0.3) is 0 Å². The molecule has 0 bridgehead atoms. The third kappa shape index (κ3) is 16.9. The highest BCUT2D eigenvalue weighted by molar-refractivity contribution is 5.71. The summed E-state index contributed by atoms with van der Waals surface area (Å²) in [5.74, 6) is -0.193. The Labute approximate surface area is 117 Å². The van der Waals surface area contributed by atoms with Crippen molar-refractivity contribution >= 4 is 11.9 Å². The predicted octanol–water partition coefficient (Wildman–Crippen LogP) is 3.73. The van der Waals surface area contributed by atoms with Gasteiger partial charge >= 0.3 is 11.9 Å². The van der Waals surface area contributed by atoms with E-state index in [2.05, 4.69) is 6.92 Å². The molecule has 0 aliphatic carbocycles. The number of unbranched alkanes of at least 4 members (excludes halogenated alkanes) is 3. The van der Waals surface area contributed by atoms with Gasteiger partial charge in [-0.25, -0.2) is 0 Å². The molecule has 0 saturated heterocycles. The van der Waals surface area contributed by atoms with E-state index in [0.717, 1.165) is 12.8 Å². The van der Waals surface area contributed by atoms with E-state index in [1.54, 1.807) is 0 Å². The number of ether oxygens (including phenoxy) is 2. The zero-order chi connectivity index (χ0) is 15.1. The minimum absolute atomic E-state index is 0.0601. The molecule has 0 aromatic heterocycles. The fraction of sp³-hybridized carbons (Fsp3) is 0.867. The highest BCUT2D eigenvalue weighted by Crippen LogP contribution is 2.02. The lowest BCUT2D eigenvalue weighted by Gasteiger charge is -2.05. The quantitative estimate of drug-likeness (QED) is 0.500. The Bertz CT molecular complexity index is 226. The van der Waals surface area contributed by atoms with E-state index in [9.17, 15) is 9.59 Å². The molecule has 0 aliphatic rings. The minimum Gasteiger partial charge on any atom is -0.466 e. The van der Waals surface area contributed by atoms with E-state index in [1.165, 1.54) is 26.2 Å². The lowest BCUT2D eigenvalue weighted by Crippen LogP contribution is -2.13. The van der Waals surface area contributed by atoms with Gasteiger partial charge in [-0.1, -0.05) is 40.0 Å². The first-order valence-corrected chi connectivity index (χ1v) is 7.29. The molecule has 1 atom stereocenters. The van der Waals surface area contributed by atoms with Crippen molar-refractivity contribution in [2.45, 2.75) is 66.7 Å². The summed E-state index contributed by atoms with van der Waals surface area (Å²) in [5, 5.41) is 0. The molecule has 114 valence electrons. The molecule has 0 spiro atoms. The first kappa shape index (κ1) is 20.3. The average Bonchev–Trinajstić information content (AvgIpc) is 2.38. The van der Waals surface area contributed by atoms with Crippen LogP contribution in [0.1, 0.15) is 66.7 Å². The van der Waals surface area contributed by atoms with Crippen molar-refractivity contribution in [2.75, 3.05) is 13.2 Å². The van der Waals surface area contributed by atoms with Gasteiger partial charge in [0.05, 0.1) is 19.1 Å². The highest BCUT2D eigenvalue weighted by atomic mass is 16.5. The maximum atomic E-state index is 10.8. The van der Waals surface area contributed by atoms with Crippen LogP contribution in [0.2, 0.25) is 0 Å². The van der Waals surface area contributed by atoms with Crippen molar-refractivity contribution in [3.05, 3.63) is 0 Å². The molecule has 0 aromatic carbocycles.